The van der Waals surface area contributed by atoms with Gasteiger partial charge in [-0.2, -0.15) is 0 Å². The lowest BCUT2D eigenvalue weighted by atomic mass is 10.1. The number of carbonyl (C=O) groups is 1. The van der Waals surface area contributed by atoms with Gasteiger partial charge in [-0.3, -0.25) is 0 Å². The lowest BCUT2D eigenvalue weighted by Crippen LogP contribution is -2.47. The lowest BCUT2D eigenvalue weighted by molar-refractivity contribution is 0.106. The summed E-state index contributed by atoms with van der Waals surface area (Å²) in [4.78, 5) is 14.5. The van der Waals surface area contributed by atoms with E-state index in [9.17, 15) is 23.4 Å². The highest BCUT2D eigenvalue weighted by Gasteiger charge is 2.32. The Bertz CT molecular complexity index is 1200. The number of phenolic OH excluding ortho intramolecular Hbond substituents is 1. The Kier molecular flexibility index (Phi) is 13.9. The van der Waals surface area contributed by atoms with Gasteiger partial charge in [0.2, 0.25) is 0 Å². The minimum absolute atomic E-state index is 0.0927. The number of hydrogen-bond donors (Lipinski definition) is 4. The number of rotatable bonds is 17. The maximum Gasteiger partial charge on any atom is 0.317 e. The molecule has 42 heavy (non-hydrogen) atoms. The molecule has 0 aliphatic carbocycles. The van der Waals surface area contributed by atoms with Gasteiger partial charge in [0.05, 0.1) is 10.1 Å². The van der Waals surface area contributed by atoms with E-state index < -0.39 is 21.2 Å². The third-order valence-electron chi connectivity index (χ3n) is 7.81. The average molecular weight is 604 g/mol. The molecular formula is C32H49N3O6S. The molecule has 2 aromatic carbocycles. The van der Waals surface area contributed by atoms with Gasteiger partial charge in [0.15, 0.2) is 9.84 Å². The van der Waals surface area contributed by atoms with Gasteiger partial charge in [0, 0.05) is 26.2 Å². The molecule has 1 fully saturated rings. The first-order valence-corrected chi connectivity index (χ1v) is 16.9. The highest BCUT2D eigenvalue weighted by atomic mass is 32.2. The number of urea groups is 1. The van der Waals surface area contributed by atoms with Gasteiger partial charge in [-0.05, 0) is 80.6 Å². The fourth-order valence-corrected chi connectivity index (χ4v) is 6.82. The van der Waals surface area contributed by atoms with E-state index in [4.69, 9.17) is 4.74 Å². The summed E-state index contributed by atoms with van der Waals surface area (Å²) in [7, 11) is -3.47. The average Bonchev–Trinajstić information content (AvgIpc) is 2.99. The number of likely N-dealkylation sites (tertiary alicyclic amines) is 1. The Morgan fingerprint density at radius 2 is 1.71 bits per heavy atom. The van der Waals surface area contributed by atoms with Crippen LogP contribution in [0.15, 0.2) is 47.4 Å². The van der Waals surface area contributed by atoms with E-state index >= 15 is 0 Å². The second-order valence-electron chi connectivity index (χ2n) is 11.2. The number of amides is 2. The Morgan fingerprint density at radius 3 is 2.40 bits per heavy atom. The number of benzene rings is 2. The number of phenols is 1. The predicted molar refractivity (Wildman–Crippen MR) is 166 cm³/mol. The van der Waals surface area contributed by atoms with E-state index in [2.05, 4.69) is 17.6 Å². The molecule has 2 aromatic rings. The number of sulfone groups is 1. The van der Waals surface area contributed by atoms with Crippen molar-refractivity contribution in [1.82, 2.24) is 15.5 Å². The highest BCUT2D eigenvalue weighted by Crippen LogP contribution is 2.25. The van der Waals surface area contributed by atoms with Gasteiger partial charge in [-0.15, -0.1) is 0 Å². The number of hydrogen-bond acceptors (Lipinski definition) is 7. The Morgan fingerprint density at radius 1 is 1.02 bits per heavy atom. The standard InChI is InChI=1S/C32H49N3O6S/c1-3-4-5-6-7-8-18-34-32(38)35-20-16-30(17-21-35)42(39,40)29-12-9-26(10-13-29)15-19-33-23-27(36)24-41-28-11-14-31(37)25(2)22-28/h9-14,22,27,30,33,36-37H,3-8,15-21,23-24H2,1-2H3,(H,34,38)/t27-/m0/s1. The monoisotopic (exact) mass is 603 g/mol. The van der Waals surface area contributed by atoms with Crippen LogP contribution in [0.4, 0.5) is 4.79 Å². The van der Waals surface area contributed by atoms with Crippen molar-refractivity contribution in [1.29, 1.82) is 0 Å². The van der Waals surface area contributed by atoms with Crippen LogP contribution in [0.25, 0.3) is 0 Å². The molecule has 1 atom stereocenters. The minimum atomic E-state index is -3.47. The molecule has 1 aliphatic rings. The molecule has 3 rings (SSSR count). The molecule has 1 aliphatic heterocycles. The van der Waals surface area contributed by atoms with E-state index in [1.807, 2.05) is 12.1 Å². The fraction of sp³-hybridized carbons (Fsp3) is 0.594. The fourth-order valence-electron chi connectivity index (χ4n) is 5.09. The van der Waals surface area contributed by atoms with E-state index in [0.29, 0.717) is 68.2 Å². The number of unbranched alkanes of at least 4 members (excludes halogenated alkanes) is 5. The van der Waals surface area contributed by atoms with Crippen LogP contribution in [0.1, 0.15) is 69.4 Å². The van der Waals surface area contributed by atoms with Crippen LogP contribution in [0.5, 0.6) is 11.5 Å². The summed E-state index contributed by atoms with van der Waals surface area (Å²) in [6, 6.07) is 11.9. The van der Waals surface area contributed by atoms with Crippen LogP contribution in [0.3, 0.4) is 0 Å². The van der Waals surface area contributed by atoms with Crippen LogP contribution in [0.2, 0.25) is 0 Å². The zero-order valence-electron chi connectivity index (χ0n) is 25.2. The molecule has 10 heteroatoms. The summed E-state index contributed by atoms with van der Waals surface area (Å²) in [5, 5.41) is 25.5. The SMILES string of the molecule is CCCCCCCCNC(=O)N1CCC(S(=O)(=O)c2ccc(CCNC[C@H](O)COc3ccc(O)c(C)c3)cc2)CC1. The number of aromatic hydroxyl groups is 1. The number of piperidine rings is 1. The minimum Gasteiger partial charge on any atom is -0.508 e. The first-order chi connectivity index (χ1) is 20.2. The van der Waals surface area contributed by atoms with E-state index in [1.54, 1.807) is 42.2 Å². The number of aliphatic hydroxyl groups is 1. The van der Waals surface area contributed by atoms with Gasteiger partial charge >= 0.3 is 6.03 Å². The lowest BCUT2D eigenvalue weighted by Gasteiger charge is -2.31. The number of carbonyl (C=O) groups excluding carboxylic acids is 1. The maximum absolute atomic E-state index is 13.2. The van der Waals surface area contributed by atoms with Crippen molar-refractivity contribution in [3.05, 3.63) is 53.6 Å². The first-order valence-electron chi connectivity index (χ1n) is 15.4. The Labute approximate surface area is 251 Å². The maximum atomic E-state index is 13.2. The molecule has 0 spiro atoms. The van der Waals surface area contributed by atoms with Crippen molar-refractivity contribution in [2.45, 2.75) is 87.9 Å². The van der Waals surface area contributed by atoms with Crippen molar-refractivity contribution in [3.63, 3.8) is 0 Å². The molecular weight excluding hydrogens is 554 g/mol. The molecule has 0 unspecified atom stereocenters. The van der Waals surface area contributed by atoms with E-state index in [-0.39, 0.29) is 18.4 Å². The molecule has 1 heterocycles. The number of nitrogens with zero attached hydrogens (tertiary/aromatic N) is 1. The molecule has 0 radical (unpaired) electrons. The van der Waals surface area contributed by atoms with Crippen LogP contribution < -0.4 is 15.4 Å². The summed E-state index contributed by atoms with van der Waals surface area (Å²) < 4.78 is 32.1. The number of ether oxygens (including phenoxy) is 1. The first kappa shape index (κ1) is 33.7. The second kappa shape index (κ2) is 17.3. The van der Waals surface area contributed by atoms with Crippen LogP contribution in [-0.2, 0) is 16.3 Å². The summed E-state index contributed by atoms with van der Waals surface area (Å²) in [5.74, 6) is 0.796. The summed E-state index contributed by atoms with van der Waals surface area (Å²) in [6.45, 7) is 6.66. The number of nitrogens with one attached hydrogen (secondary N) is 2. The van der Waals surface area contributed by atoms with Gasteiger partial charge < -0.3 is 30.5 Å². The van der Waals surface area contributed by atoms with Crippen molar-refractivity contribution in [2.24, 2.45) is 0 Å². The zero-order chi connectivity index (χ0) is 30.4. The van der Waals surface area contributed by atoms with Crippen molar-refractivity contribution in [2.75, 3.05) is 39.3 Å². The molecule has 0 bridgehead atoms. The molecule has 0 saturated carbocycles. The van der Waals surface area contributed by atoms with E-state index in [1.165, 1.54) is 25.7 Å². The second-order valence-corrected chi connectivity index (χ2v) is 13.5. The summed E-state index contributed by atoms with van der Waals surface area (Å²) >= 11 is 0. The Balaban J connectivity index is 1.33. The molecule has 4 N–H and O–H groups in total. The number of aryl methyl sites for hydroxylation is 1. The third-order valence-corrected chi connectivity index (χ3v) is 10.1. The largest absolute Gasteiger partial charge is 0.508 e. The van der Waals surface area contributed by atoms with Crippen molar-refractivity contribution in [3.8, 4) is 11.5 Å². The molecule has 0 aromatic heterocycles. The zero-order valence-corrected chi connectivity index (χ0v) is 26.0. The third kappa shape index (κ3) is 10.8. The van der Waals surface area contributed by atoms with Crippen LogP contribution in [0, 0.1) is 6.92 Å². The van der Waals surface area contributed by atoms with Crippen LogP contribution in [-0.4, -0.2) is 80.2 Å². The normalized spacial score (nSPS) is 15.0. The van der Waals surface area contributed by atoms with Crippen molar-refractivity contribution < 1.29 is 28.2 Å². The molecule has 1 saturated heterocycles. The quantitative estimate of drug-likeness (QED) is 0.195. The van der Waals surface area contributed by atoms with Crippen molar-refractivity contribution >= 4 is 15.9 Å². The Hall–Kier alpha value is -2.82. The predicted octanol–water partition coefficient (Wildman–Crippen LogP) is 4.58. The number of aliphatic hydroxyl groups excluding tert-OH is 1. The summed E-state index contributed by atoms with van der Waals surface area (Å²) in [6.07, 6.45) is 7.92. The summed E-state index contributed by atoms with van der Waals surface area (Å²) in [5.41, 5.74) is 1.71. The van der Waals surface area contributed by atoms with Gasteiger partial charge in [-0.25, -0.2) is 13.2 Å². The van der Waals surface area contributed by atoms with E-state index in [0.717, 1.165) is 18.4 Å². The molecule has 9 nitrogen and oxygen atoms in total. The topological polar surface area (TPSA) is 128 Å². The van der Waals surface area contributed by atoms with Gasteiger partial charge in [0.1, 0.15) is 24.2 Å². The smallest absolute Gasteiger partial charge is 0.317 e. The highest BCUT2D eigenvalue weighted by molar-refractivity contribution is 7.92. The van der Waals surface area contributed by atoms with Gasteiger partial charge in [-0.1, -0.05) is 51.2 Å². The molecule has 234 valence electrons. The van der Waals surface area contributed by atoms with Gasteiger partial charge in [0.25, 0.3) is 0 Å². The molecule has 2 amide bonds. The van der Waals surface area contributed by atoms with Crippen LogP contribution >= 0.6 is 0 Å².